The van der Waals surface area contributed by atoms with E-state index in [0.29, 0.717) is 49.9 Å². The Morgan fingerprint density at radius 3 is 2.63 bits per heavy atom. The van der Waals surface area contributed by atoms with E-state index in [-0.39, 0.29) is 17.8 Å². The van der Waals surface area contributed by atoms with Crippen molar-refractivity contribution in [2.45, 2.75) is 31.5 Å². The summed E-state index contributed by atoms with van der Waals surface area (Å²) in [5.74, 6) is 0.973. The number of H-pyrrole nitrogens is 1. The number of rotatable bonds is 4. The maximum Gasteiger partial charge on any atom is 0.227 e. The highest BCUT2D eigenvalue weighted by Crippen LogP contribution is 2.38. The Balaban J connectivity index is 1.23. The Labute approximate surface area is 174 Å². The van der Waals surface area contributed by atoms with Crippen molar-refractivity contribution >= 4 is 16.8 Å². The fourth-order valence-corrected chi connectivity index (χ4v) is 4.96. The number of aliphatic hydroxyl groups excluding tert-OH is 1. The first kappa shape index (κ1) is 19.1. The molecule has 6 heteroatoms. The van der Waals surface area contributed by atoms with Crippen molar-refractivity contribution in [1.82, 2.24) is 9.88 Å². The van der Waals surface area contributed by atoms with E-state index in [1.165, 1.54) is 12.1 Å². The van der Waals surface area contributed by atoms with Crippen LogP contribution in [0.5, 0.6) is 5.75 Å². The van der Waals surface area contributed by atoms with Crippen LogP contribution in [0, 0.1) is 17.7 Å². The number of carbonyl (C=O) groups excluding carboxylic acids is 1. The number of halogens is 1. The summed E-state index contributed by atoms with van der Waals surface area (Å²) >= 11 is 0. The second kappa shape index (κ2) is 7.76. The third kappa shape index (κ3) is 3.67. The van der Waals surface area contributed by atoms with Gasteiger partial charge in [-0.3, -0.25) is 4.79 Å². The lowest BCUT2D eigenvalue weighted by Gasteiger charge is -2.35. The standard InChI is InChI=1S/C24H25FN2O3/c25-18-5-7-19(8-6-18)30-23-10-17-14-27(13-16(17)9-22(23)28)24(29)11-15-12-26-21-4-2-1-3-20(15)21/h1-8,12,16-17,22-23,26,28H,9-11,13-14H2/t16-,17+,22+,23+/m0/s1. The molecule has 1 aliphatic heterocycles. The van der Waals surface area contributed by atoms with Crippen LogP contribution in [0.3, 0.4) is 0 Å². The number of hydrogen-bond donors (Lipinski definition) is 2. The van der Waals surface area contributed by atoms with Gasteiger partial charge < -0.3 is 19.7 Å². The Morgan fingerprint density at radius 2 is 1.83 bits per heavy atom. The number of aliphatic hydroxyl groups is 1. The highest BCUT2D eigenvalue weighted by atomic mass is 19.1. The van der Waals surface area contributed by atoms with Gasteiger partial charge in [0.05, 0.1) is 12.5 Å². The monoisotopic (exact) mass is 408 g/mol. The molecule has 1 saturated carbocycles. The molecule has 3 aromatic rings. The Kier molecular flexibility index (Phi) is 4.95. The Bertz CT molecular complexity index is 1050. The second-order valence-corrected chi connectivity index (χ2v) is 8.50. The van der Waals surface area contributed by atoms with Crippen LogP contribution in [-0.4, -0.2) is 46.2 Å². The molecule has 2 aliphatic rings. The molecule has 2 fully saturated rings. The minimum absolute atomic E-state index is 0.125. The Morgan fingerprint density at radius 1 is 1.10 bits per heavy atom. The van der Waals surface area contributed by atoms with Crippen LogP contribution in [-0.2, 0) is 11.2 Å². The maximum absolute atomic E-state index is 13.1. The molecule has 2 N–H and O–H groups in total. The number of nitrogens with one attached hydrogen (secondary N) is 1. The smallest absolute Gasteiger partial charge is 0.227 e. The minimum Gasteiger partial charge on any atom is -0.488 e. The number of fused-ring (bicyclic) bond motifs is 2. The molecule has 1 aromatic heterocycles. The summed E-state index contributed by atoms with van der Waals surface area (Å²) in [5, 5.41) is 11.7. The predicted molar refractivity (Wildman–Crippen MR) is 112 cm³/mol. The van der Waals surface area contributed by atoms with E-state index < -0.39 is 6.10 Å². The van der Waals surface area contributed by atoms with Crippen molar-refractivity contribution in [1.29, 1.82) is 0 Å². The first-order valence-electron chi connectivity index (χ1n) is 10.5. The van der Waals surface area contributed by atoms with E-state index in [0.717, 1.165) is 16.5 Å². The molecule has 4 atom stereocenters. The lowest BCUT2D eigenvalue weighted by molar-refractivity contribution is -0.129. The normalized spacial score (nSPS) is 26.0. The zero-order valence-electron chi connectivity index (χ0n) is 16.6. The van der Waals surface area contributed by atoms with Gasteiger partial charge in [-0.1, -0.05) is 18.2 Å². The van der Waals surface area contributed by atoms with E-state index in [1.54, 1.807) is 12.1 Å². The fraction of sp³-hybridized carbons (Fsp3) is 0.375. The molecule has 1 amide bonds. The van der Waals surface area contributed by atoms with Gasteiger partial charge in [0.1, 0.15) is 17.7 Å². The number of benzene rings is 2. The van der Waals surface area contributed by atoms with E-state index in [1.807, 2.05) is 35.4 Å². The molecule has 1 saturated heterocycles. The summed E-state index contributed by atoms with van der Waals surface area (Å²) in [4.78, 5) is 18.1. The van der Waals surface area contributed by atoms with Crippen molar-refractivity contribution in [3.63, 3.8) is 0 Å². The van der Waals surface area contributed by atoms with Crippen molar-refractivity contribution in [3.05, 3.63) is 66.1 Å². The van der Waals surface area contributed by atoms with Gasteiger partial charge >= 0.3 is 0 Å². The number of aromatic amines is 1. The van der Waals surface area contributed by atoms with E-state index >= 15 is 0 Å². The van der Waals surface area contributed by atoms with Gasteiger partial charge in [0.25, 0.3) is 0 Å². The lowest BCUT2D eigenvalue weighted by Crippen LogP contribution is -2.42. The third-order valence-electron chi connectivity index (χ3n) is 6.56. The summed E-state index contributed by atoms with van der Waals surface area (Å²) in [6.45, 7) is 1.38. The number of hydrogen-bond acceptors (Lipinski definition) is 3. The zero-order valence-corrected chi connectivity index (χ0v) is 16.6. The molecule has 30 heavy (non-hydrogen) atoms. The zero-order chi connectivity index (χ0) is 20.7. The first-order valence-corrected chi connectivity index (χ1v) is 10.5. The number of likely N-dealkylation sites (tertiary alicyclic amines) is 1. The van der Waals surface area contributed by atoms with Crippen LogP contribution < -0.4 is 4.74 Å². The second-order valence-electron chi connectivity index (χ2n) is 8.50. The van der Waals surface area contributed by atoms with E-state index in [9.17, 15) is 14.3 Å². The molecule has 0 spiro atoms. The highest BCUT2D eigenvalue weighted by molar-refractivity contribution is 5.89. The van der Waals surface area contributed by atoms with Gasteiger partial charge in [0.2, 0.25) is 5.91 Å². The van der Waals surface area contributed by atoms with Gasteiger partial charge in [0, 0.05) is 30.2 Å². The molecule has 0 bridgehead atoms. The summed E-state index contributed by atoms with van der Waals surface area (Å²) in [7, 11) is 0. The summed E-state index contributed by atoms with van der Waals surface area (Å²) in [6.07, 6.45) is 2.69. The van der Waals surface area contributed by atoms with Crippen LogP contribution in [0.2, 0.25) is 0 Å². The van der Waals surface area contributed by atoms with Gasteiger partial charge in [-0.05, 0) is 60.6 Å². The summed E-state index contributed by atoms with van der Waals surface area (Å²) in [6, 6.07) is 13.9. The highest BCUT2D eigenvalue weighted by Gasteiger charge is 2.43. The maximum atomic E-state index is 13.1. The lowest BCUT2D eigenvalue weighted by atomic mass is 9.78. The molecule has 0 unspecified atom stereocenters. The van der Waals surface area contributed by atoms with Crippen LogP contribution in [0.1, 0.15) is 18.4 Å². The van der Waals surface area contributed by atoms with Gasteiger partial charge in [-0.25, -0.2) is 4.39 Å². The van der Waals surface area contributed by atoms with E-state index in [4.69, 9.17) is 4.74 Å². The number of amides is 1. The molecule has 1 aliphatic carbocycles. The third-order valence-corrected chi connectivity index (χ3v) is 6.56. The molecular formula is C24H25FN2O3. The average Bonchev–Trinajstić information content (AvgIpc) is 3.34. The van der Waals surface area contributed by atoms with Gasteiger partial charge in [0.15, 0.2) is 0 Å². The minimum atomic E-state index is -0.583. The van der Waals surface area contributed by atoms with Crippen molar-refractivity contribution in [2.75, 3.05) is 13.1 Å². The van der Waals surface area contributed by atoms with Crippen LogP contribution in [0.15, 0.2) is 54.7 Å². The quantitative estimate of drug-likeness (QED) is 0.694. The first-order chi connectivity index (χ1) is 14.6. The largest absolute Gasteiger partial charge is 0.488 e. The predicted octanol–water partition coefficient (Wildman–Crippen LogP) is 3.53. The van der Waals surface area contributed by atoms with Gasteiger partial charge in [-0.15, -0.1) is 0 Å². The topological polar surface area (TPSA) is 65.6 Å². The number of ether oxygens (including phenoxy) is 1. The molecule has 5 nitrogen and oxygen atoms in total. The number of aromatic nitrogens is 1. The van der Waals surface area contributed by atoms with E-state index in [2.05, 4.69) is 4.98 Å². The van der Waals surface area contributed by atoms with Crippen molar-refractivity contribution < 1.29 is 19.0 Å². The van der Waals surface area contributed by atoms with Crippen molar-refractivity contribution in [2.24, 2.45) is 11.8 Å². The SMILES string of the molecule is O=C(Cc1c[nH]c2ccccc12)N1C[C@H]2C[C@@H](Oc3ccc(F)cc3)[C@H](O)C[C@H]2C1. The molecule has 2 heterocycles. The van der Waals surface area contributed by atoms with Crippen LogP contribution >= 0.6 is 0 Å². The molecule has 0 radical (unpaired) electrons. The Hall–Kier alpha value is -2.86. The number of para-hydroxylation sites is 1. The summed E-state index contributed by atoms with van der Waals surface area (Å²) < 4.78 is 19.0. The molecule has 156 valence electrons. The average molecular weight is 408 g/mol. The fourth-order valence-electron chi connectivity index (χ4n) is 4.96. The van der Waals surface area contributed by atoms with Crippen LogP contribution in [0.4, 0.5) is 4.39 Å². The van der Waals surface area contributed by atoms with Gasteiger partial charge in [-0.2, -0.15) is 0 Å². The van der Waals surface area contributed by atoms with Crippen molar-refractivity contribution in [3.8, 4) is 5.75 Å². The van der Waals surface area contributed by atoms with Crippen LogP contribution in [0.25, 0.3) is 10.9 Å². The molecule has 5 rings (SSSR count). The number of carbonyl (C=O) groups is 1. The number of nitrogens with zero attached hydrogens (tertiary/aromatic N) is 1. The molecule has 2 aromatic carbocycles. The summed E-state index contributed by atoms with van der Waals surface area (Å²) in [5.41, 5.74) is 2.06. The molecular weight excluding hydrogens is 383 g/mol.